The Hall–Kier alpha value is -2.56. The molecule has 3 fully saturated rings. The average molecular weight is 521 g/mol. The molecule has 1 aliphatic carbocycles. The lowest BCUT2D eigenvalue weighted by Crippen LogP contribution is -2.54. The van der Waals surface area contributed by atoms with Crippen LogP contribution in [0.1, 0.15) is 49.3 Å². The van der Waals surface area contributed by atoms with Crippen LogP contribution in [0, 0.1) is 18.6 Å². The van der Waals surface area contributed by atoms with Gasteiger partial charge < -0.3 is 14.4 Å². The first-order valence-corrected chi connectivity index (χ1v) is 13.8. The summed E-state index contributed by atoms with van der Waals surface area (Å²) in [4.78, 5) is 14.4. The number of sulfonamides is 1. The van der Waals surface area contributed by atoms with Gasteiger partial charge in [-0.25, -0.2) is 22.0 Å². The van der Waals surface area contributed by atoms with Crippen LogP contribution in [0.25, 0.3) is 0 Å². The highest BCUT2D eigenvalue weighted by molar-refractivity contribution is 7.89. The number of rotatable bonds is 5. The highest BCUT2D eigenvalue weighted by atomic mass is 32.2. The molecule has 2 heterocycles. The van der Waals surface area contributed by atoms with E-state index in [0.717, 1.165) is 6.07 Å². The first-order valence-electron chi connectivity index (χ1n) is 12.3. The van der Waals surface area contributed by atoms with Crippen molar-refractivity contribution in [2.45, 2.75) is 61.6 Å². The van der Waals surface area contributed by atoms with Gasteiger partial charge in [0, 0.05) is 13.1 Å². The maximum atomic E-state index is 14.5. The Labute approximate surface area is 210 Å². The normalized spacial score (nSPS) is 24.4. The van der Waals surface area contributed by atoms with E-state index in [1.54, 1.807) is 24.0 Å². The van der Waals surface area contributed by atoms with Gasteiger partial charge in [0.15, 0.2) is 0 Å². The van der Waals surface area contributed by atoms with Crippen LogP contribution >= 0.6 is 0 Å². The quantitative estimate of drug-likeness (QED) is 0.578. The Morgan fingerprint density at radius 3 is 2.50 bits per heavy atom. The number of amides is 1. The third-order valence-corrected chi connectivity index (χ3v) is 9.35. The molecule has 2 aliphatic heterocycles. The van der Waals surface area contributed by atoms with Gasteiger partial charge in [-0.05, 0) is 74.4 Å². The van der Waals surface area contributed by atoms with Crippen molar-refractivity contribution in [3.8, 4) is 0 Å². The van der Waals surface area contributed by atoms with Crippen LogP contribution < -0.4 is 0 Å². The van der Waals surface area contributed by atoms with E-state index in [0.29, 0.717) is 69.5 Å². The zero-order chi connectivity index (χ0) is 25.5. The number of carbonyl (C=O) groups is 1. The minimum absolute atomic E-state index is 0.172. The lowest BCUT2D eigenvalue weighted by atomic mass is 9.90. The number of hydrogen-bond donors (Lipinski definition) is 0. The fourth-order valence-electron chi connectivity index (χ4n) is 5.30. The summed E-state index contributed by atoms with van der Waals surface area (Å²) < 4.78 is 69.5. The van der Waals surface area contributed by atoms with Gasteiger partial charge in [0.05, 0.1) is 30.2 Å². The van der Waals surface area contributed by atoms with Crippen LogP contribution in [-0.2, 0) is 19.5 Å². The molecular weight excluding hydrogens is 490 g/mol. The number of nitrogens with zero attached hydrogens (tertiary/aromatic N) is 2. The number of benzene rings is 2. The van der Waals surface area contributed by atoms with Crippen molar-refractivity contribution in [2.24, 2.45) is 0 Å². The summed E-state index contributed by atoms with van der Waals surface area (Å²) >= 11 is 0. The summed E-state index contributed by atoms with van der Waals surface area (Å²) in [6.07, 6.45) is 2.20. The molecule has 7 nitrogen and oxygen atoms in total. The van der Waals surface area contributed by atoms with E-state index in [1.165, 1.54) is 28.6 Å². The fraction of sp³-hybridized carbons (Fsp3) is 0.500. The molecule has 0 N–H and O–H groups in total. The van der Waals surface area contributed by atoms with E-state index < -0.39 is 45.4 Å². The molecule has 2 aromatic carbocycles. The van der Waals surface area contributed by atoms with Crippen molar-refractivity contribution in [3.63, 3.8) is 0 Å². The fourth-order valence-corrected chi connectivity index (χ4v) is 7.23. The Morgan fingerprint density at radius 2 is 1.83 bits per heavy atom. The van der Waals surface area contributed by atoms with Crippen LogP contribution in [0.2, 0.25) is 0 Å². The third-order valence-electron chi connectivity index (χ3n) is 7.43. The van der Waals surface area contributed by atoms with Gasteiger partial charge in [0.25, 0.3) is 0 Å². The molecule has 194 valence electrons. The molecule has 2 saturated heterocycles. The monoisotopic (exact) mass is 520 g/mol. The Balaban J connectivity index is 1.54. The topological polar surface area (TPSA) is 76.2 Å². The maximum Gasteiger partial charge on any atom is 0.410 e. The van der Waals surface area contributed by atoms with E-state index >= 15 is 0 Å². The summed E-state index contributed by atoms with van der Waals surface area (Å²) in [5, 5.41) is 0. The second-order valence-electron chi connectivity index (χ2n) is 9.80. The van der Waals surface area contributed by atoms with Crippen LogP contribution in [0.5, 0.6) is 0 Å². The largest absolute Gasteiger partial charge is 0.441 e. The molecule has 2 aromatic rings. The standard InChI is InChI=1S/C26H30F2N2O5S/c1-18-8-9-21(17-22(18)28)36(32,33)30-23(19-4-2-5-20(27)16-19)6-3-7-24(30)26(10-11-26)35-25(31)29-12-14-34-15-13-29/h2,4-5,8-9,16-17,23-24H,3,6-7,10-15H2,1H3/t23-,24+/m0/s1. The minimum atomic E-state index is -4.22. The zero-order valence-corrected chi connectivity index (χ0v) is 21.0. The van der Waals surface area contributed by atoms with E-state index in [1.807, 2.05) is 0 Å². The molecule has 1 saturated carbocycles. The van der Waals surface area contributed by atoms with Crippen molar-refractivity contribution in [1.82, 2.24) is 9.21 Å². The second-order valence-corrected chi connectivity index (χ2v) is 11.6. The molecule has 36 heavy (non-hydrogen) atoms. The highest BCUT2D eigenvalue weighted by Crippen LogP contribution is 2.52. The molecule has 0 radical (unpaired) electrons. The van der Waals surface area contributed by atoms with E-state index in [4.69, 9.17) is 9.47 Å². The predicted molar refractivity (Wildman–Crippen MR) is 128 cm³/mol. The van der Waals surface area contributed by atoms with Crippen LogP contribution in [0.15, 0.2) is 47.4 Å². The van der Waals surface area contributed by atoms with Crippen molar-refractivity contribution in [2.75, 3.05) is 26.3 Å². The molecule has 10 heteroatoms. The van der Waals surface area contributed by atoms with Crippen molar-refractivity contribution in [3.05, 3.63) is 65.2 Å². The zero-order valence-electron chi connectivity index (χ0n) is 20.2. The molecule has 0 aromatic heterocycles. The highest BCUT2D eigenvalue weighted by Gasteiger charge is 2.60. The van der Waals surface area contributed by atoms with Gasteiger partial charge >= 0.3 is 6.09 Å². The van der Waals surface area contributed by atoms with E-state index in [-0.39, 0.29) is 4.90 Å². The summed E-state index contributed by atoms with van der Waals surface area (Å²) in [5.41, 5.74) is -0.118. The summed E-state index contributed by atoms with van der Waals surface area (Å²) in [6, 6.07) is 8.43. The molecule has 3 aliphatic rings. The van der Waals surface area contributed by atoms with Gasteiger partial charge in [0.2, 0.25) is 10.0 Å². The molecule has 5 rings (SSSR count). The second kappa shape index (κ2) is 9.72. The Morgan fingerprint density at radius 1 is 1.08 bits per heavy atom. The number of ether oxygens (including phenoxy) is 2. The van der Waals surface area contributed by atoms with Crippen LogP contribution in [0.4, 0.5) is 13.6 Å². The van der Waals surface area contributed by atoms with Gasteiger partial charge in [0.1, 0.15) is 17.2 Å². The molecular formula is C26H30F2N2O5S. The Bertz CT molecular complexity index is 1240. The molecule has 0 unspecified atom stereocenters. The molecule has 1 amide bonds. The first-order chi connectivity index (χ1) is 17.2. The van der Waals surface area contributed by atoms with Crippen molar-refractivity contribution in [1.29, 1.82) is 0 Å². The third kappa shape index (κ3) is 4.73. The minimum Gasteiger partial charge on any atom is -0.441 e. The first kappa shape index (κ1) is 25.1. The lowest BCUT2D eigenvalue weighted by molar-refractivity contribution is -0.0253. The van der Waals surface area contributed by atoms with Gasteiger partial charge in [-0.2, -0.15) is 4.31 Å². The summed E-state index contributed by atoms with van der Waals surface area (Å²) in [6.45, 7) is 3.24. The van der Waals surface area contributed by atoms with Crippen molar-refractivity contribution >= 4 is 16.1 Å². The van der Waals surface area contributed by atoms with Crippen LogP contribution in [-0.4, -0.2) is 61.7 Å². The smallest absolute Gasteiger partial charge is 0.410 e. The molecule has 0 bridgehead atoms. The SMILES string of the molecule is Cc1ccc(S(=O)(=O)N2[C@H](c3cccc(F)c3)CCC[C@@H]2C2(OC(=O)N3CCOCC3)CC2)cc1F. The van der Waals surface area contributed by atoms with E-state index in [9.17, 15) is 22.0 Å². The summed E-state index contributed by atoms with van der Waals surface area (Å²) in [7, 11) is -4.22. The maximum absolute atomic E-state index is 14.5. The van der Waals surface area contributed by atoms with Crippen LogP contribution in [0.3, 0.4) is 0 Å². The summed E-state index contributed by atoms with van der Waals surface area (Å²) in [5.74, 6) is -1.08. The average Bonchev–Trinajstić information content (AvgIpc) is 3.66. The van der Waals surface area contributed by atoms with E-state index in [2.05, 4.69) is 0 Å². The number of hydrogen-bond acceptors (Lipinski definition) is 5. The molecule has 0 spiro atoms. The number of carbonyl (C=O) groups excluding carboxylic acids is 1. The predicted octanol–water partition coefficient (Wildman–Crippen LogP) is 4.56. The Kier molecular flexibility index (Phi) is 6.78. The number of piperidine rings is 1. The number of halogens is 2. The molecule has 2 atom stereocenters. The van der Waals surface area contributed by atoms with Gasteiger partial charge in [-0.3, -0.25) is 0 Å². The van der Waals surface area contributed by atoms with Gasteiger partial charge in [-0.1, -0.05) is 18.2 Å². The van der Waals surface area contributed by atoms with Crippen molar-refractivity contribution < 1.29 is 31.5 Å². The number of aryl methyl sites for hydroxylation is 1. The lowest BCUT2D eigenvalue weighted by Gasteiger charge is -2.44. The number of morpholine rings is 1. The van der Waals surface area contributed by atoms with Gasteiger partial charge in [-0.15, -0.1) is 0 Å².